The number of nitrogens with zero attached hydrogens (tertiary/aromatic N) is 4. The van der Waals surface area contributed by atoms with Crippen molar-refractivity contribution in [2.45, 2.75) is 6.17 Å². The van der Waals surface area contributed by atoms with Crippen LogP contribution in [0.15, 0.2) is 24.0 Å². The van der Waals surface area contributed by atoms with E-state index < -0.39 is 0 Å². The lowest BCUT2D eigenvalue weighted by atomic mass is 10.2. The van der Waals surface area contributed by atoms with Crippen LogP contribution in [0.4, 0.5) is 0 Å². The van der Waals surface area contributed by atoms with E-state index in [0.717, 1.165) is 45.7 Å². The molecule has 0 aromatic rings. The highest BCUT2D eigenvalue weighted by molar-refractivity contribution is 5.17. The third-order valence-corrected chi connectivity index (χ3v) is 3.62. The molecule has 5 nitrogen and oxygen atoms in total. The average molecular weight is 220 g/mol. The Balaban J connectivity index is 1.64. The molecule has 0 amide bonds. The smallest absolute Gasteiger partial charge is 0.129 e. The fourth-order valence-corrected chi connectivity index (χ4v) is 3.14. The molecule has 0 radical (unpaired) electrons. The third-order valence-electron chi connectivity index (χ3n) is 3.62. The number of ether oxygens (including phenoxy) is 1. The quantitative estimate of drug-likeness (QED) is 0.609. The second kappa shape index (κ2) is 3.30. The molecule has 4 saturated heterocycles. The first kappa shape index (κ1) is 9.18. The Labute approximate surface area is 95.1 Å². The van der Waals surface area contributed by atoms with E-state index in [0.29, 0.717) is 6.17 Å². The van der Waals surface area contributed by atoms with Crippen LogP contribution in [-0.2, 0) is 4.74 Å². The molecule has 0 N–H and O–H groups in total. The second-order valence-corrected chi connectivity index (χ2v) is 4.91. The van der Waals surface area contributed by atoms with Crippen LogP contribution in [0.1, 0.15) is 0 Å². The van der Waals surface area contributed by atoms with Crippen LogP contribution in [-0.4, -0.2) is 65.7 Å². The zero-order chi connectivity index (χ0) is 10.5. The van der Waals surface area contributed by atoms with Crippen LogP contribution >= 0.6 is 0 Å². The molecule has 5 rings (SSSR count). The SMILES string of the molecule is C1=CCOC(C2N3CN4CN(C3)CN2C4)=C1. The van der Waals surface area contributed by atoms with E-state index >= 15 is 0 Å². The summed E-state index contributed by atoms with van der Waals surface area (Å²) in [7, 11) is 0. The monoisotopic (exact) mass is 220 g/mol. The van der Waals surface area contributed by atoms with Gasteiger partial charge in [-0.2, -0.15) is 0 Å². The minimum Gasteiger partial charge on any atom is -0.491 e. The van der Waals surface area contributed by atoms with Gasteiger partial charge in [0.25, 0.3) is 0 Å². The summed E-state index contributed by atoms with van der Waals surface area (Å²) in [4.78, 5) is 9.87. The van der Waals surface area contributed by atoms with Gasteiger partial charge in [-0.15, -0.1) is 0 Å². The van der Waals surface area contributed by atoms with Gasteiger partial charge in [0.15, 0.2) is 0 Å². The van der Waals surface area contributed by atoms with E-state index in [-0.39, 0.29) is 0 Å². The molecule has 0 aromatic heterocycles. The molecule has 86 valence electrons. The lowest BCUT2D eigenvalue weighted by Gasteiger charge is -2.60. The van der Waals surface area contributed by atoms with Crippen molar-refractivity contribution in [3.8, 4) is 0 Å². The van der Waals surface area contributed by atoms with E-state index in [4.69, 9.17) is 4.74 Å². The molecule has 0 unspecified atom stereocenters. The summed E-state index contributed by atoms with van der Waals surface area (Å²) in [6.07, 6.45) is 6.63. The molecule has 5 heteroatoms. The summed E-state index contributed by atoms with van der Waals surface area (Å²) in [6, 6.07) is 0. The Hall–Kier alpha value is -0.880. The Morgan fingerprint density at radius 1 is 1.00 bits per heavy atom. The molecule has 4 fully saturated rings. The van der Waals surface area contributed by atoms with Gasteiger partial charge in [0.2, 0.25) is 0 Å². The summed E-state index contributed by atoms with van der Waals surface area (Å²) in [5.41, 5.74) is 0. The standard InChI is InChI=1S/C11H16N4O/c1-2-4-16-10(3-1)11-14-6-12-5-13(8-14)9-15(11)7-12/h1-3,11H,4-9H2. The Kier molecular flexibility index (Phi) is 1.90. The fraction of sp³-hybridized carbons (Fsp3) is 0.636. The van der Waals surface area contributed by atoms with Crippen LogP contribution < -0.4 is 0 Å². The van der Waals surface area contributed by atoms with Gasteiger partial charge in [-0.05, 0) is 12.2 Å². The van der Waals surface area contributed by atoms with Gasteiger partial charge < -0.3 is 4.74 Å². The molecule has 0 aromatic carbocycles. The zero-order valence-electron chi connectivity index (χ0n) is 9.25. The summed E-state index contributed by atoms with van der Waals surface area (Å²) in [6.45, 7) is 6.13. The topological polar surface area (TPSA) is 22.2 Å². The number of rotatable bonds is 1. The molecule has 0 atom stereocenters. The minimum atomic E-state index is 0.359. The van der Waals surface area contributed by atoms with Crippen molar-refractivity contribution in [2.75, 3.05) is 40.0 Å². The lowest BCUT2D eigenvalue weighted by Crippen LogP contribution is -2.75. The molecule has 5 heterocycles. The molecule has 0 aliphatic carbocycles. The Bertz CT molecular complexity index is 337. The summed E-state index contributed by atoms with van der Waals surface area (Å²) in [5.74, 6) is 1.11. The van der Waals surface area contributed by atoms with E-state index in [1.165, 1.54) is 0 Å². The minimum absolute atomic E-state index is 0.359. The number of allylic oxidation sites excluding steroid dienone is 2. The molecule has 16 heavy (non-hydrogen) atoms. The van der Waals surface area contributed by atoms with Gasteiger partial charge in [0.1, 0.15) is 18.5 Å². The number of hydrogen-bond acceptors (Lipinski definition) is 5. The Morgan fingerprint density at radius 2 is 1.69 bits per heavy atom. The first-order chi connectivity index (χ1) is 7.90. The molecular weight excluding hydrogens is 204 g/mol. The van der Waals surface area contributed by atoms with Crippen LogP contribution in [0.3, 0.4) is 0 Å². The molecule has 4 bridgehead atoms. The predicted molar refractivity (Wildman–Crippen MR) is 58.7 cm³/mol. The van der Waals surface area contributed by atoms with E-state index in [9.17, 15) is 0 Å². The Morgan fingerprint density at radius 3 is 2.25 bits per heavy atom. The molecule has 5 aliphatic heterocycles. The van der Waals surface area contributed by atoms with Crippen molar-refractivity contribution in [1.82, 2.24) is 19.6 Å². The average Bonchev–Trinajstić information content (AvgIpc) is 2.29. The highest BCUT2D eigenvalue weighted by Gasteiger charge is 2.45. The van der Waals surface area contributed by atoms with Crippen molar-refractivity contribution in [3.05, 3.63) is 24.0 Å². The maximum Gasteiger partial charge on any atom is 0.129 e. The van der Waals surface area contributed by atoms with Gasteiger partial charge in [-0.25, -0.2) is 0 Å². The zero-order valence-corrected chi connectivity index (χ0v) is 9.25. The van der Waals surface area contributed by atoms with Gasteiger partial charge in [-0.3, -0.25) is 19.6 Å². The molecule has 0 spiro atoms. The van der Waals surface area contributed by atoms with Gasteiger partial charge >= 0.3 is 0 Å². The molecule has 0 saturated carbocycles. The van der Waals surface area contributed by atoms with Crippen molar-refractivity contribution >= 4 is 0 Å². The van der Waals surface area contributed by atoms with Gasteiger partial charge in [0, 0.05) is 0 Å². The van der Waals surface area contributed by atoms with Crippen molar-refractivity contribution < 1.29 is 4.74 Å². The van der Waals surface area contributed by atoms with Crippen LogP contribution in [0.2, 0.25) is 0 Å². The van der Waals surface area contributed by atoms with E-state index in [1.807, 2.05) is 0 Å². The van der Waals surface area contributed by atoms with E-state index in [1.54, 1.807) is 0 Å². The van der Waals surface area contributed by atoms with Crippen LogP contribution in [0.25, 0.3) is 0 Å². The maximum atomic E-state index is 5.76. The van der Waals surface area contributed by atoms with Crippen molar-refractivity contribution in [3.63, 3.8) is 0 Å². The van der Waals surface area contributed by atoms with Crippen LogP contribution in [0, 0.1) is 0 Å². The van der Waals surface area contributed by atoms with Crippen LogP contribution in [0.5, 0.6) is 0 Å². The van der Waals surface area contributed by atoms with Gasteiger partial charge in [0.05, 0.1) is 33.3 Å². The molecule has 5 aliphatic rings. The first-order valence-electron chi connectivity index (χ1n) is 5.82. The number of hydrogen-bond donors (Lipinski definition) is 0. The maximum absolute atomic E-state index is 5.76. The van der Waals surface area contributed by atoms with Crippen molar-refractivity contribution in [1.29, 1.82) is 0 Å². The normalized spacial score (nSPS) is 49.0. The highest BCUT2D eigenvalue weighted by Crippen LogP contribution is 2.31. The second-order valence-electron chi connectivity index (χ2n) is 4.91. The lowest BCUT2D eigenvalue weighted by molar-refractivity contribution is -0.228. The summed E-state index contributed by atoms with van der Waals surface area (Å²) < 4.78 is 5.76. The third kappa shape index (κ3) is 1.26. The largest absolute Gasteiger partial charge is 0.491 e. The van der Waals surface area contributed by atoms with Gasteiger partial charge in [-0.1, -0.05) is 6.08 Å². The van der Waals surface area contributed by atoms with E-state index in [2.05, 4.69) is 37.8 Å². The first-order valence-corrected chi connectivity index (χ1v) is 5.82. The van der Waals surface area contributed by atoms with Crippen molar-refractivity contribution in [2.24, 2.45) is 0 Å². The predicted octanol–water partition coefficient (Wildman–Crippen LogP) is -0.181. The highest BCUT2D eigenvalue weighted by atomic mass is 16.5. The summed E-state index contributed by atoms with van der Waals surface area (Å²) in [5, 5.41) is 0. The fourth-order valence-electron chi connectivity index (χ4n) is 3.14. The molecular formula is C11H16N4O. The summed E-state index contributed by atoms with van der Waals surface area (Å²) >= 11 is 0.